The van der Waals surface area contributed by atoms with Crippen LogP contribution in [-0.4, -0.2) is 60.1 Å². The second-order valence-corrected chi connectivity index (χ2v) is 12.1. The molecule has 2 fully saturated rings. The molecule has 1 aromatic rings. The summed E-state index contributed by atoms with van der Waals surface area (Å²) in [4.78, 5) is 17.6. The molecule has 6 heteroatoms. The Morgan fingerprint density at radius 1 is 1.03 bits per heavy atom. The summed E-state index contributed by atoms with van der Waals surface area (Å²) in [5.41, 5.74) is 15.0. The van der Waals surface area contributed by atoms with E-state index < -0.39 is 0 Å². The largest absolute Gasteiger partial charge is 0.397 e. The molecule has 0 radical (unpaired) electrons. The molecule has 0 saturated carbocycles. The van der Waals surface area contributed by atoms with Gasteiger partial charge in [-0.1, -0.05) is 25.2 Å². The van der Waals surface area contributed by atoms with Gasteiger partial charge in [0.1, 0.15) is 0 Å². The number of anilines is 2. The first-order chi connectivity index (χ1) is 17.1. The van der Waals surface area contributed by atoms with Crippen molar-refractivity contribution < 1.29 is 9.53 Å². The summed E-state index contributed by atoms with van der Waals surface area (Å²) in [6, 6.07) is 5.21. The number of benzene rings is 1. The van der Waals surface area contributed by atoms with Gasteiger partial charge in [0.2, 0.25) is 0 Å². The van der Waals surface area contributed by atoms with Crippen LogP contribution in [0.2, 0.25) is 0 Å². The molecule has 4 rings (SSSR count). The van der Waals surface area contributed by atoms with Gasteiger partial charge in [0.15, 0.2) is 0 Å². The summed E-state index contributed by atoms with van der Waals surface area (Å²) in [7, 11) is 0. The third-order valence-electron chi connectivity index (χ3n) is 8.58. The van der Waals surface area contributed by atoms with Gasteiger partial charge in [0.25, 0.3) is 5.91 Å². The lowest BCUT2D eigenvalue weighted by Gasteiger charge is -2.47. The number of carbonyl (C=O) groups is 1. The van der Waals surface area contributed by atoms with E-state index in [2.05, 4.69) is 50.8 Å². The number of nitrogen functional groups attached to an aromatic ring is 2. The minimum Gasteiger partial charge on any atom is -0.397 e. The van der Waals surface area contributed by atoms with E-state index in [0.717, 1.165) is 58.4 Å². The Balaban J connectivity index is 1.31. The lowest BCUT2D eigenvalue weighted by Crippen LogP contribution is -2.48. The number of amides is 1. The van der Waals surface area contributed by atoms with Crippen molar-refractivity contribution in [1.82, 2.24) is 9.80 Å². The first kappa shape index (κ1) is 26.7. The summed E-state index contributed by atoms with van der Waals surface area (Å²) in [6.45, 7) is 13.8. The standard InChI is InChI=1S/C30H46N4O2/c1-22-7-5-6-8-25(23(2)36-29(3,4)20-22)21-33-15-11-30(12-16-33)13-17-34(18-14-30)28(35)24-9-10-26(31)27(32)19-24/h5,7-10,19,22-23H,6,11-18,20-21,31-32H2,1-4H3/b7-5-,25-8-. The first-order valence-electron chi connectivity index (χ1n) is 13.8. The van der Waals surface area contributed by atoms with E-state index in [1.165, 1.54) is 18.4 Å². The molecule has 1 amide bonds. The minimum absolute atomic E-state index is 0.0669. The lowest BCUT2D eigenvalue weighted by molar-refractivity contribution is -0.0610. The second kappa shape index (κ2) is 11.0. The molecular formula is C30H46N4O2. The maximum absolute atomic E-state index is 13.0. The van der Waals surface area contributed by atoms with Crippen LogP contribution in [0.3, 0.4) is 0 Å². The number of nitrogens with two attached hydrogens (primary N) is 2. The van der Waals surface area contributed by atoms with Gasteiger partial charge in [-0.2, -0.15) is 0 Å². The number of carbonyl (C=O) groups excluding carboxylic acids is 1. The summed E-state index contributed by atoms with van der Waals surface area (Å²) in [6.07, 6.45) is 13.8. The molecule has 0 aromatic heterocycles. The van der Waals surface area contributed by atoms with Gasteiger partial charge < -0.3 is 21.1 Å². The Hall–Kier alpha value is -2.31. The molecule has 2 saturated heterocycles. The average Bonchev–Trinajstić information content (AvgIpc) is 2.83. The van der Waals surface area contributed by atoms with Crippen molar-refractivity contribution in [2.24, 2.45) is 11.3 Å². The van der Waals surface area contributed by atoms with Crippen molar-refractivity contribution in [3.8, 4) is 0 Å². The van der Waals surface area contributed by atoms with Gasteiger partial charge in [-0.25, -0.2) is 0 Å². The van der Waals surface area contributed by atoms with Crippen LogP contribution < -0.4 is 11.5 Å². The molecule has 3 heterocycles. The normalized spacial score (nSPS) is 29.3. The molecule has 2 atom stereocenters. The quantitative estimate of drug-likeness (QED) is 0.442. The van der Waals surface area contributed by atoms with Gasteiger partial charge in [-0.15, -0.1) is 0 Å². The summed E-state index contributed by atoms with van der Waals surface area (Å²) >= 11 is 0. The maximum atomic E-state index is 13.0. The molecule has 1 spiro atoms. The highest BCUT2D eigenvalue weighted by Crippen LogP contribution is 2.42. The number of nitrogens with zero attached hydrogens (tertiary/aromatic N) is 2. The Morgan fingerprint density at radius 2 is 1.69 bits per heavy atom. The molecule has 6 nitrogen and oxygen atoms in total. The third kappa shape index (κ3) is 6.51. The Morgan fingerprint density at radius 3 is 2.36 bits per heavy atom. The molecule has 2 unspecified atom stereocenters. The van der Waals surface area contributed by atoms with Gasteiger partial charge in [0, 0.05) is 25.2 Å². The summed E-state index contributed by atoms with van der Waals surface area (Å²) < 4.78 is 6.55. The van der Waals surface area contributed by atoms with E-state index in [-0.39, 0.29) is 17.6 Å². The van der Waals surface area contributed by atoms with Crippen molar-refractivity contribution >= 4 is 17.3 Å². The van der Waals surface area contributed by atoms with Gasteiger partial charge >= 0.3 is 0 Å². The minimum atomic E-state index is -0.130. The van der Waals surface area contributed by atoms with Crippen LogP contribution in [-0.2, 0) is 4.74 Å². The van der Waals surface area contributed by atoms with Crippen molar-refractivity contribution in [3.63, 3.8) is 0 Å². The molecule has 4 N–H and O–H groups in total. The predicted octanol–water partition coefficient (Wildman–Crippen LogP) is 5.27. The Labute approximate surface area is 217 Å². The molecule has 36 heavy (non-hydrogen) atoms. The molecule has 1 aromatic carbocycles. The highest BCUT2D eigenvalue weighted by molar-refractivity contribution is 5.96. The molecule has 0 bridgehead atoms. The zero-order valence-corrected chi connectivity index (χ0v) is 22.8. The number of likely N-dealkylation sites (tertiary alicyclic amines) is 2. The van der Waals surface area contributed by atoms with Gasteiger partial charge in [-0.05, 0) is 107 Å². The molecule has 3 aliphatic rings. The fourth-order valence-corrected chi connectivity index (χ4v) is 6.35. The number of rotatable bonds is 3. The highest BCUT2D eigenvalue weighted by atomic mass is 16.5. The highest BCUT2D eigenvalue weighted by Gasteiger charge is 2.39. The van der Waals surface area contributed by atoms with Gasteiger partial charge in [-0.3, -0.25) is 9.69 Å². The van der Waals surface area contributed by atoms with Crippen molar-refractivity contribution in [2.75, 3.05) is 44.2 Å². The van der Waals surface area contributed by atoms with Crippen molar-refractivity contribution in [2.45, 2.75) is 77.9 Å². The Kier molecular flexibility index (Phi) is 8.15. The second-order valence-electron chi connectivity index (χ2n) is 12.1. The van der Waals surface area contributed by atoms with E-state index >= 15 is 0 Å². The van der Waals surface area contributed by atoms with Crippen LogP contribution in [0.25, 0.3) is 0 Å². The van der Waals surface area contributed by atoms with E-state index in [0.29, 0.717) is 28.3 Å². The monoisotopic (exact) mass is 494 g/mol. The number of hydrogen-bond donors (Lipinski definition) is 2. The van der Waals surface area contributed by atoms with E-state index in [1.807, 2.05) is 4.90 Å². The van der Waals surface area contributed by atoms with Crippen molar-refractivity contribution in [1.29, 1.82) is 0 Å². The topological polar surface area (TPSA) is 84.8 Å². The predicted molar refractivity (Wildman–Crippen MR) is 149 cm³/mol. The molecular weight excluding hydrogens is 448 g/mol. The van der Waals surface area contributed by atoms with E-state index in [9.17, 15) is 4.79 Å². The smallest absolute Gasteiger partial charge is 0.253 e. The number of allylic oxidation sites excluding steroid dienone is 3. The fourth-order valence-electron chi connectivity index (χ4n) is 6.35. The fraction of sp³-hybridized carbons (Fsp3) is 0.633. The average molecular weight is 495 g/mol. The lowest BCUT2D eigenvalue weighted by atomic mass is 9.71. The number of hydrogen-bond acceptors (Lipinski definition) is 5. The maximum Gasteiger partial charge on any atom is 0.253 e. The van der Waals surface area contributed by atoms with E-state index in [1.54, 1.807) is 18.2 Å². The Bertz CT molecular complexity index is 981. The molecule has 3 aliphatic heterocycles. The van der Waals surface area contributed by atoms with Crippen LogP contribution in [0.15, 0.2) is 42.0 Å². The van der Waals surface area contributed by atoms with Crippen molar-refractivity contribution in [3.05, 3.63) is 47.6 Å². The first-order valence-corrected chi connectivity index (χ1v) is 13.8. The van der Waals surface area contributed by atoms with Gasteiger partial charge in [0.05, 0.1) is 23.1 Å². The molecule has 0 aliphatic carbocycles. The molecule has 198 valence electrons. The SMILES string of the molecule is CC1/C=C\C/C=C(/CN2CCC3(CC2)CCN(C(=O)c2ccc(N)c(N)c2)CC3)C(C)OC(C)(C)C1. The number of piperidine rings is 2. The zero-order chi connectivity index (χ0) is 25.9. The van der Waals surface area contributed by atoms with Crippen LogP contribution in [0, 0.1) is 11.3 Å². The van der Waals surface area contributed by atoms with Crippen LogP contribution in [0.1, 0.15) is 76.6 Å². The summed E-state index contributed by atoms with van der Waals surface area (Å²) in [5.74, 6) is 0.601. The van der Waals surface area contributed by atoms with Crippen LogP contribution >= 0.6 is 0 Å². The number of ether oxygens (including phenoxy) is 1. The van der Waals surface area contributed by atoms with Crippen LogP contribution in [0.4, 0.5) is 11.4 Å². The van der Waals surface area contributed by atoms with E-state index in [4.69, 9.17) is 16.2 Å². The third-order valence-corrected chi connectivity index (χ3v) is 8.58. The zero-order valence-electron chi connectivity index (χ0n) is 22.8. The summed E-state index contributed by atoms with van der Waals surface area (Å²) in [5, 5.41) is 0. The van der Waals surface area contributed by atoms with Crippen LogP contribution in [0.5, 0.6) is 0 Å².